The molecule has 2 aromatic carbocycles. The third kappa shape index (κ3) is 4.57. The number of nitrogens with zero attached hydrogens (tertiary/aromatic N) is 3. The van der Waals surface area contributed by atoms with Gasteiger partial charge in [0.05, 0.1) is 24.0 Å². The molecule has 4 aromatic rings. The van der Waals surface area contributed by atoms with Crippen molar-refractivity contribution in [2.24, 2.45) is 0 Å². The fraction of sp³-hybridized carbons (Fsp3) is 0.250. The molecule has 0 saturated heterocycles. The first-order valence-corrected chi connectivity index (χ1v) is 10.9. The minimum absolute atomic E-state index is 0.0381. The van der Waals surface area contributed by atoms with E-state index in [1.807, 2.05) is 56.3 Å². The lowest BCUT2D eigenvalue weighted by Crippen LogP contribution is -2.42. The molecule has 1 amide bonds. The molecule has 168 valence electrons. The van der Waals surface area contributed by atoms with Crippen LogP contribution in [0, 0.1) is 0 Å². The molecule has 5 rings (SSSR count). The van der Waals surface area contributed by atoms with E-state index in [0.29, 0.717) is 30.4 Å². The maximum absolute atomic E-state index is 12.5. The Bertz CT molecular complexity index is 1300. The van der Waals surface area contributed by atoms with E-state index in [4.69, 9.17) is 4.74 Å². The predicted octanol–water partition coefficient (Wildman–Crippen LogP) is 3.85. The van der Waals surface area contributed by atoms with Crippen molar-refractivity contribution in [2.75, 3.05) is 17.2 Å². The molecule has 2 aromatic heterocycles. The normalized spacial score (nSPS) is 15.3. The first kappa shape index (κ1) is 20.7. The van der Waals surface area contributed by atoms with Crippen LogP contribution in [0.3, 0.4) is 0 Å². The fourth-order valence-electron chi connectivity index (χ4n) is 3.77. The maximum Gasteiger partial charge on any atom is 0.242 e. The lowest BCUT2D eigenvalue weighted by atomic mass is 10.1. The van der Waals surface area contributed by atoms with Crippen LogP contribution in [0.1, 0.15) is 20.3 Å². The SMILES string of the molecule is CC(C)NC(=O)C1CCOc2ccc(-c3nccc(Nc4ccc5[nH]ncc5c4)n3)cc2N1. The molecular weight excluding hydrogens is 418 g/mol. The van der Waals surface area contributed by atoms with Crippen LogP contribution >= 0.6 is 0 Å². The van der Waals surface area contributed by atoms with Gasteiger partial charge in [0.25, 0.3) is 0 Å². The van der Waals surface area contributed by atoms with Gasteiger partial charge in [-0.3, -0.25) is 9.89 Å². The summed E-state index contributed by atoms with van der Waals surface area (Å²) in [6.45, 7) is 4.36. The van der Waals surface area contributed by atoms with Crippen molar-refractivity contribution < 1.29 is 9.53 Å². The molecule has 0 fully saturated rings. The van der Waals surface area contributed by atoms with Gasteiger partial charge in [-0.15, -0.1) is 0 Å². The highest BCUT2D eigenvalue weighted by Crippen LogP contribution is 2.32. The van der Waals surface area contributed by atoms with Gasteiger partial charge in [-0.25, -0.2) is 9.97 Å². The first-order valence-electron chi connectivity index (χ1n) is 10.9. The van der Waals surface area contributed by atoms with E-state index in [9.17, 15) is 4.79 Å². The molecule has 1 atom stereocenters. The van der Waals surface area contributed by atoms with Crippen molar-refractivity contribution in [1.29, 1.82) is 0 Å². The number of fused-ring (bicyclic) bond motifs is 2. The highest BCUT2D eigenvalue weighted by atomic mass is 16.5. The Balaban J connectivity index is 1.38. The van der Waals surface area contributed by atoms with Crippen molar-refractivity contribution >= 4 is 34.0 Å². The van der Waals surface area contributed by atoms with Gasteiger partial charge >= 0.3 is 0 Å². The number of aromatic amines is 1. The third-order valence-corrected chi connectivity index (χ3v) is 5.35. The lowest BCUT2D eigenvalue weighted by Gasteiger charge is -2.18. The zero-order valence-corrected chi connectivity index (χ0v) is 18.4. The number of carbonyl (C=O) groups is 1. The number of carbonyl (C=O) groups excluding carboxylic acids is 1. The minimum Gasteiger partial charge on any atom is -0.491 e. The van der Waals surface area contributed by atoms with Gasteiger partial charge in [-0.1, -0.05) is 0 Å². The molecular formula is C24H25N7O2. The number of benzene rings is 2. The summed E-state index contributed by atoms with van der Waals surface area (Å²) in [4.78, 5) is 21.7. The van der Waals surface area contributed by atoms with Gasteiger partial charge in [0.2, 0.25) is 5.91 Å². The Morgan fingerprint density at radius 2 is 2.09 bits per heavy atom. The fourth-order valence-corrected chi connectivity index (χ4v) is 3.77. The summed E-state index contributed by atoms with van der Waals surface area (Å²) in [6, 6.07) is 13.2. The van der Waals surface area contributed by atoms with Crippen LogP contribution in [0.25, 0.3) is 22.3 Å². The highest BCUT2D eigenvalue weighted by Gasteiger charge is 2.24. The monoisotopic (exact) mass is 443 g/mol. The van der Waals surface area contributed by atoms with Crippen LogP contribution in [0.4, 0.5) is 17.2 Å². The summed E-state index contributed by atoms with van der Waals surface area (Å²) in [5.74, 6) is 1.92. The van der Waals surface area contributed by atoms with Gasteiger partial charge in [0.15, 0.2) is 5.82 Å². The Hall–Kier alpha value is -4.14. The number of nitrogens with one attached hydrogen (secondary N) is 4. The molecule has 0 spiro atoms. The summed E-state index contributed by atoms with van der Waals surface area (Å²) < 4.78 is 5.85. The van der Waals surface area contributed by atoms with Gasteiger partial charge in [0, 0.05) is 35.3 Å². The number of H-pyrrole nitrogens is 1. The summed E-state index contributed by atoms with van der Waals surface area (Å²) in [5.41, 5.74) is 3.46. The first-order chi connectivity index (χ1) is 16.0. The van der Waals surface area contributed by atoms with Crippen molar-refractivity contribution in [2.45, 2.75) is 32.4 Å². The van der Waals surface area contributed by atoms with Crippen LogP contribution in [-0.2, 0) is 4.79 Å². The Labute approximate surface area is 191 Å². The molecule has 0 radical (unpaired) electrons. The van der Waals surface area contributed by atoms with E-state index in [1.54, 1.807) is 12.4 Å². The molecule has 0 bridgehead atoms. The zero-order valence-electron chi connectivity index (χ0n) is 18.4. The van der Waals surface area contributed by atoms with E-state index in [2.05, 4.69) is 36.1 Å². The second-order valence-corrected chi connectivity index (χ2v) is 8.27. The molecule has 0 aliphatic carbocycles. The number of rotatable bonds is 5. The number of anilines is 3. The van der Waals surface area contributed by atoms with E-state index in [0.717, 1.165) is 27.8 Å². The second-order valence-electron chi connectivity index (χ2n) is 8.27. The Morgan fingerprint density at radius 1 is 1.18 bits per heavy atom. The van der Waals surface area contributed by atoms with Gasteiger partial charge in [0.1, 0.15) is 17.6 Å². The molecule has 9 nitrogen and oxygen atoms in total. The van der Waals surface area contributed by atoms with Gasteiger partial charge < -0.3 is 20.7 Å². The van der Waals surface area contributed by atoms with E-state index >= 15 is 0 Å². The maximum atomic E-state index is 12.5. The number of hydrogen-bond donors (Lipinski definition) is 4. The quantitative estimate of drug-likeness (QED) is 0.370. The van der Waals surface area contributed by atoms with Crippen molar-refractivity contribution in [1.82, 2.24) is 25.5 Å². The van der Waals surface area contributed by atoms with Crippen molar-refractivity contribution in [3.8, 4) is 17.1 Å². The van der Waals surface area contributed by atoms with Crippen LogP contribution in [0.2, 0.25) is 0 Å². The van der Waals surface area contributed by atoms with Crippen molar-refractivity contribution in [3.05, 3.63) is 54.9 Å². The molecule has 33 heavy (non-hydrogen) atoms. The summed E-state index contributed by atoms with van der Waals surface area (Å²) in [7, 11) is 0. The average Bonchev–Trinajstić information content (AvgIpc) is 3.16. The summed E-state index contributed by atoms with van der Waals surface area (Å²) >= 11 is 0. The number of hydrogen-bond acceptors (Lipinski definition) is 7. The smallest absolute Gasteiger partial charge is 0.242 e. The molecule has 0 saturated carbocycles. The lowest BCUT2D eigenvalue weighted by molar-refractivity contribution is -0.122. The van der Waals surface area contributed by atoms with E-state index in [-0.39, 0.29) is 18.0 Å². The van der Waals surface area contributed by atoms with Gasteiger partial charge in [-0.2, -0.15) is 5.10 Å². The van der Waals surface area contributed by atoms with Crippen LogP contribution in [0.15, 0.2) is 54.9 Å². The second kappa shape index (κ2) is 8.78. The molecule has 1 unspecified atom stereocenters. The van der Waals surface area contributed by atoms with Gasteiger partial charge in [-0.05, 0) is 56.3 Å². The number of ether oxygens (including phenoxy) is 1. The minimum atomic E-state index is -0.365. The van der Waals surface area contributed by atoms with Crippen LogP contribution in [-0.4, -0.2) is 44.8 Å². The van der Waals surface area contributed by atoms with E-state index < -0.39 is 0 Å². The zero-order chi connectivity index (χ0) is 22.8. The predicted molar refractivity (Wildman–Crippen MR) is 128 cm³/mol. The third-order valence-electron chi connectivity index (χ3n) is 5.35. The molecule has 4 N–H and O–H groups in total. The van der Waals surface area contributed by atoms with Crippen LogP contribution in [0.5, 0.6) is 5.75 Å². The molecule has 9 heteroatoms. The highest BCUT2D eigenvalue weighted by molar-refractivity contribution is 5.86. The number of amides is 1. The van der Waals surface area contributed by atoms with Crippen molar-refractivity contribution in [3.63, 3.8) is 0 Å². The molecule has 3 heterocycles. The summed E-state index contributed by atoms with van der Waals surface area (Å²) in [5, 5.41) is 17.6. The Kier molecular flexibility index (Phi) is 5.52. The largest absolute Gasteiger partial charge is 0.491 e. The summed E-state index contributed by atoms with van der Waals surface area (Å²) in [6.07, 6.45) is 4.08. The molecule has 1 aliphatic heterocycles. The number of aromatic nitrogens is 4. The topological polar surface area (TPSA) is 117 Å². The van der Waals surface area contributed by atoms with E-state index in [1.165, 1.54) is 0 Å². The molecule has 1 aliphatic rings. The van der Waals surface area contributed by atoms with Crippen LogP contribution < -0.4 is 20.7 Å². The standard InChI is InChI=1S/C24H25N7O2/c1-14(2)27-24(32)19-8-10-33-21-6-3-15(12-20(21)29-19)23-25-9-7-22(30-23)28-17-4-5-18-16(11-17)13-26-31-18/h3-7,9,11-14,19,29H,8,10H2,1-2H3,(H,26,31)(H,27,32)(H,25,28,30). The Morgan fingerprint density at radius 3 is 2.97 bits per heavy atom. The average molecular weight is 444 g/mol.